The molecule has 0 aromatic carbocycles. The predicted molar refractivity (Wildman–Crippen MR) is 119 cm³/mol. The van der Waals surface area contributed by atoms with Gasteiger partial charge in [0.05, 0.1) is 18.0 Å². The number of carboxylic acids is 1. The van der Waals surface area contributed by atoms with Crippen LogP contribution in [0.1, 0.15) is 78.6 Å². The van der Waals surface area contributed by atoms with Crippen LogP contribution in [0.5, 0.6) is 0 Å². The first kappa shape index (κ1) is 27.3. The van der Waals surface area contributed by atoms with Crippen LogP contribution in [0.15, 0.2) is 12.4 Å². The van der Waals surface area contributed by atoms with Gasteiger partial charge in [0.1, 0.15) is 11.1 Å². The Hall–Kier alpha value is -2.72. The molecule has 180 valence electrons. The van der Waals surface area contributed by atoms with E-state index in [1.54, 1.807) is 22.5 Å². The van der Waals surface area contributed by atoms with Crippen LogP contribution >= 0.6 is 0 Å². The van der Waals surface area contributed by atoms with Crippen LogP contribution in [-0.4, -0.2) is 66.6 Å². The van der Waals surface area contributed by atoms with Gasteiger partial charge in [-0.25, -0.2) is 9.59 Å². The van der Waals surface area contributed by atoms with Crippen molar-refractivity contribution >= 4 is 11.9 Å². The van der Waals surface area contributed by atoms with Crippen molar-refractivity contribution in [1.29, 1.82) is 0 Å². The maximum absolute atomic E-state index is 11.7. The quantitative estimate of drug-likeness (QED) is 0.393. The molecule has 0 spiro atoms. The lowest BCUT2D eigenvalue weighted by atomic mass is 10.2. The summed E-state index contributed by atoms with van der Waals surface area (Å²) in [6.45, 7) is 7.57. The first-order valence-corrected chi connectivity index (χ1v) is 11.2. The minimum atomic E-state index is -0.936. The molecule has 2 heterocycles. The normalized spacial score (nSPS) is 10.5. The van der Waals surface area contributed by atoms with Crippen LogP contribution in [-0.2, 0) is 30.7 Å². The Bertz CT molecular complexity index is 830. The van der Waals surface area contributed by atoms with Crippen molar-refractivity contribution in [3.05, 3.63) is 34.9 Å². The molecule has 2 aromatic rings. The maximum atomic E-state index is 11.7. The molecule has 0 saturated heterocycles. The molecular weight excluding hydrogens is 416 g/mol. The van der Waals surface area contributed by atoms with Crippen molar-refractivity contribution in [2.75, 3.05) is 19.8 Å². The number of esters is 1. The molecule has 0 saturated carbocycles. The molecule has 2 aromatic heterocycles. The summed E-state index contributed by atoms with van der Waals surface area (Å²) in [6, 6.07) is 0. The molecule has 10 heteroatoms. The number of carboxylic acid groups (broad SMARTS) is 1. The minimum absolute atomic E-state index is 0.0887. The van der Waals surface area contributed by atoms with Crippen molar-refractivity contribution in [2.45, 2.75) is 72.4 Å². The van der Waals surface area contributed by atoms with E-state index in [-0.39, 0.29) is 24.7 Å². The van der Waals surface area contributed by atoms with Crippen LogP contribution in [0.2, 0.25) is 0 Å². The largest absolute Gasteiger partial charge is 0.478 e. The smallest absolute Gasteiger partial charge is 0.341 e. The molecule has 0 aliphatic rings. The summed E-state index contributed by atoms with van der Waals surface area (Å²) in [4.78, 5) is 22.6. The number of carbonyl (C=O) groups is 2. The SMILES string of the molecule is CCCc1nn(CCCO)cc1C(=O)O.CCCc1nn(CCCO)cc1C(=O)OCC. The highest BCUT2D eigenvalue weighted by molar-refractivity contribution is 5.90. The Morgan fingerprint density at radius 1 is 0.875 bits per heavy atom. The van der Waals surface area contributed by atoms with Crippen molar-refractivity contribution < 1.29 is 29.6 Å². The summed E-state index contributed by atoms with van der Waals surface area (Å²) >= 11 is 0. The lowest BCUT2D eigenvalue weighted by molar-refractivity contribution is 0.0524. The molecule has 0 radical (unpaired) electrons. The summed E-state index contributed by atoms with van der Waals surface area (Å²) < 4.78 is 8.28. The summed E-state index contributed by atoms with van der Waals surface area (Å²) in [5.74, 6) is -1.25. The molecule has 0 amide bonds. The van der Waals surface area contributed by atoms with Crippen molar-refractivity contribution in [3.63, 3.8) is 0 Å². The van der Waals surface area contributed by atoms with Gasteiger partial charge < -0.3 is 20.1 Å². The summed E-state index contributed by atoms with van der Waals surface area (Å²) in [5.41, 5.74) is 2.23. The highest BCUT2D eigenvalue weighted by Gasteiger charge is 2.16. The number of carbonyl (C=O) groups excluding carboxylic acids is 1. The van der Waals surface area contributed by atoms with Gasteiger partial charge in [0.2, 0.25) is 0 Å². The summed E-state index contributed by atoms with van der Waals surface area (Å²) in [5, 5.41) is 34.9. The third-order valence-corrected chi connectivity index (χ3v) is 4.47. The predicted octanol–water partition coefficient (Wildman–Crippen LogP) is 2.31. The Balaban J connectivity index is 0.000000323. The molecule has 2 rings (SSSR count). The molecule has 0 aliphatic heterocycles. The Kier molecular flexibility index (Phi) is 12.9. The van der Waals surface area contributed by atoms with Gasteiger partial charge in [-0.1, -0.05) is 26.7 Å². The molecule has 0 bridgehead atoms. The lowest BCUT2D eigenvalue weighted by Gasteiger charge is -2.00. The Morgan fingerprint density at radius 3 is 1.75 bits per heavy atom. The van der Waals surface area contributed by atoms with E-state index in [1.807, 2.05) is 13.8 Å². The molecule has 0 atom stereocenters. The number of hydrogen-bond donors (Lipinski definition) is 3. The fourth-order valence-electron chi connectivity index (χ4n) is 3.02. The van der Waals surface area contributed by atoms with Gasteiger partial charge in [-0.15, -0.1) is 0 Å². The number of aliphatic hydroxyl groups is 2. The molecule has 0 aliphatic carbocycles. The first-order valence-electron chi connectivity index (χ1n) is 11.2. The Labute approximate surface area is 188 Å². The first-order chi connectivity index (χ1) is 15.4. The van der Waals surface area contributed by atoms with Crippen molar-refractivity contribution in [1.82, 2.24) is 19.6 Å². The number of aromatic nitrogens is 4. The molecule has 10 nitrogen and oxygen atoms in total. The second-order valence-corrected chi connectivity index (χ2v) is 7.19. The van der Waals surface area contributed by atoms with Crippen molar-refractivity contribution in [2.24, 2.45) is 0 Å². The number of nitrogens with zero attached hydrogens (tertiary/aromatic N) is 4. The molecule has 0 unspecified atom stereocenters. The second kappa shape index (κ2) is 15.1. The Morgan fingerprint density at radius 2 is 1.34 bits per heavy atom. The van der Waals surface area contributed by atoms with Gasteiger partial charge in [0.15, 0.2) is 0 Å². The lowest BCUT2D eigenvalue weighted by Crippen LogP contribution is -2.06. The summed E-state index contributed by atoms with van der Waals surface area (Å²) in [7, 11) is 0. The zero-order valence-corrected chi connectivity index (χ0v) is 19.3. The van der Waals surface area contributed by atoms with Gasteiger partial charge in [-0.05, 0) is 32.6 Å². The van der Waals surface area contributed by atoms with Crippen LogP contribution in [0.3, 0.4) is 0 Å². The number of ether oxygens (including phenoxy) is 1. The van der Waals surface area contributed by atoms with Crippen molar-refractivity contribution in [3.8, 4) is 0 Å². The zero-order valence-electron chi connectivity index (χ0n) is 19.3. The fourth-order valence-corrected chi connectivity index (χ4v) is 3.02. The number of aliphatic hydroxyl groups excluding tert-OH is 2. The van der Waals surface area contributed by atoms with Crippen LogP contribution < -0.4 is 0 Å². The van der Waals surface area contributed by atoms with Crippen LogP contribution in [0, 0.1) is 0 Å². The van der Waals surface area contributed by atoms with E-state index in [1.165, 1.54) is 6.20 Å². The van der Waals surface area contributed by atoms with Gasteiger partial charge in [0.25, 0.3) is 0 Å². The number of aromatic carboxylic acids is 1. The highest BCUT2D eigenvalue weighted by Crippen LogP contribution is 2.12. The fraction of sp³-hybridized carbons (Fsp3) is 0.636. The van der Waals surface area contributed by atoms with Gasteiger partial charge in [0, 0.05) is 38.7 Å². The molecule has 3 N–H and O–H groups in total. The molecular formula is C22H36N4O6. The summed E-state index contributed by atoms with van der Waals surface area (Å²) in [6.07, 6.45) is 7.71. The third kappa shape index (κ3) is 8.80. The van der Waals surface area contributed by atoms with Gasteiger partial charge >= 0.3 is 11.9 Å². The minimum Gasteiger partial charge on any atom is -0.478 e. The maximum Gasteiger partial charge on any atom is 0.341 e. The molecule has 0 fully saturated rings. The van der Waals surface area contributed by atoms with Gasteiger partial charge in [-0.3, -0.25) is 9.36 Å². The van der Waals surface area contributed by atoms with E-state index in [0.29, 0.717) is 50.2 Å². The number of rotatable bonds is 13. The van der Waals surface area contributed by atoms with Crippen LogP contribution in [0.4, 0.5) is 0 Å². The topological polar surface area (TPSA) is 140 Å². The average Bonchev–Trinajstić information content (AvgIpc) is 3.36. The van der Waals surface area contributed by atoms with E-state index < -0.39 is 5.97 Å². The zero-order chi connectivity index (χ0) is 23.9. The number of aryl methyl sites for hydroxylation is 4. The molecule has 32 heavy (non-hydrogen) atoms. The highest BCUT2D eigenvalue weighted by atomic mass is 16.5. The third-order valence-electron chi connectivity index (χ3n) is 4.47. The van der Waals surface area contributed by atoms with E-state index in [2.05, 4.69) is 10.2 Å². The van der Waals surface area contributed by atoms with E-state index >= 15 is 0 Å². The van der Waals surface area contributed by atoms with E-state index in [9.17, 15) is 9.59 Å². The monoisotopic (exact) mass is 452 g/mol. The van der Waals surface area contributed by atoms with Gasteiger partial charge in [-0.2, -0.15) is 10.2 Å². The van der Waals surface area contributed by atoms with E-state index in [4.69, 9.17) is 20.1 Å². The van der Waals surface area contributed by atoms with Crippen LogP contribution in [0.25, 0.3) is 0 Å². The standard InChI is InChI=1S/C12H20N2O3.C10H16N2O3/c1-3-6-11-10(12(16)17-4-2)9-14(13-11)7-5-8-15;1-2-4-9-8(10(14)15)7-12(11-9)5-3-6-13/h9,15H,3-8H2,1-2H3;7,13H,2-6H2,1H3,(H,14,15). The second-order valence-electron chi connectivity index (χ2n) is 7.19. The number of hydrogen-bond acceptors (Lipinski definition) is 7. The average molecular weight is 453 g/mol. The van der Waals surface area contributed by atoms with E-state index in [0.717, 1.165) is 25.0 Å².